The Kier molecular flexibility index (Phi) is 7.08. The van der Waals surface area contributed by atoms with Crippen LogP contribution in [0, 0.1) is 5.92 Å². The molecule has 1 aromatic rings. The molecule has 1 aliphatic rings. The molecule has 0 aliphatic carbocycles. The number of rotatable bonds is 5. The lowest BCUT2D eigenvalue weighted by atomic mass is 9.94. The normalized spacial score (nSPS) is 16.9. The monoisotopic (exact) mass is 462 g/mol. The van der Waals surface area contributed by atoms with Gasteiger partial charge in [0.05, 0.1) is 7.11 Å². The van der Waals surface area contributed by atoms with Crippen LogP contribution >= 0.6 is 23.5 Å². The van der Waals surface area contributed by atoms with Crippen LogP contribution in [-0.4, -0.2) is 57.6 Å². The minimum Gasteiger partial charge on any atom is -0.467 e. The molecular formula is C17H24BrN2O6P. The number of methoxy groups -OCH3 is 1. The maximum atomic E-state index is 13.1. The molecule has 27 heavy (non-hydrogen) atoms. The summed E-state index contributed by atoms with van der Waals surface area (Å²) in [4.78, 5) is 46.6. The smallest absolute Gasteiger partial charge is 0.344 e. The minimum absolute atomic E-state index is 0.00473. The predicted octanol–water partition coefficient (Wildman–Crippen LogP) is 2.56. The first-order valence-electron chi connectivity index (χ1n) is 8.47. The fourth-order valence-electron chi connectivity index (χ4n) is 3.14. The zero-order valence-electron chi connectivity index (χ0n) is 15.5. The maximum Gasteiger partial charge on any atom is 0.344 e. The Morgan fingerprint density at radius 2 is 2.04 bits per heavy atom. The van der Waals surface area contributed by atoms with Crippen LogP contribution < -0.4 is 0 Å². The summed E-state index contributed by atoms with van der Waals surface area (Å²) in [6.45, 7) is 4.03. The molecule has 0 aromatic heterocycles. The fourth-order valence-corrected chi connectivity index (χ4v) is 4.23. The molecule has 150 valence electrons. The quantitative estimate of drug-likeness (QED) is 0.514. The Hall–Kier alpha value is -1.41. The molecule has 2 rings (SSSR count). The summed E-state index contributed by atoms with van der Waals surface area (Å²) in [6, 6.07) is 4.17. The molecule has 1 heterocycles. The summed E-state index contributed by atoms with van der Waals surface area (Å²) < 4.78 is 17.2. The molecule has 1 aromatic carbocycles. The van der Waals surface area contributed by atoms with Gasteiger partial charge in [0.2, 0.25) is 0 Å². The van der Waals surface area contributed by atoms with Gasteiger partial charge in [0.1, 0.15) is 12.3 Å². The van der Waals surface area contributed by atoms with Gasteiger partial charge in [-0.05, 0) is 29.2 Å². The Balaban J connectivity index is 2.37. The molecule has 8 nitrogen and oxygen atoms in total. The van der Waals surface area contributed by atoms with Gasteiger partial charge in [-0.25, -0.2) is 9.59 Å². The number of ether oxygens (including phenoxy) is 1. The van der Waals surface area contributed by atoms with Crippen molar-refractivity contribution in [1.29, 1.82) is 0 Å². The highest BCUT2D eigenvalue weighted by molar-refractivity contribution is 9.10. The highest BCUT2D eigenvalue weighted by Crippen LogP contribution is 2.36. The average Bonchev–Trinajstić information content (AvgIpc) is 2.57. The highest BCUT2D eigenvalue weighted by atomic mass is 79.9. The van der Waals surface area contributed by atoms with Crippen molar-refractivity contribution < 1.29 is 28.7 Å². The largest absolute Gasteiger partial charge is 0.467 e. The van der Waals surface area contributed by atoms with Gasteiger partial charge in [-0.15, -0.1) is 0 Å². The Morgan fingerprint density at radius 1 is 1.37 bits per heavy atom. The van der Waals surface area contributed by atoms with E-state index in [2.05, 4.69) is 15.9 Å². The van der Waals surface area contributed by atoms with Crippen molar-refractivity contribution in [2.45, 2.75) is 32.9 Å². The van der Waals surface area contributed by atoms with Crippen molar-refractivity contribution in [3.63, 3.8) is 0 Å². The highest BCUT2D eigenvalue weighted by Gasteiger charge is 2.38. The Bertz CT molecular complexity index is 766. The molecule has 0 saturated carbocycles. The third-order valence-corrected chi connectivity index (χ3v) is 5.43. The topological polar surface area (TPSA) is 107 Å². The Labute approximate surface area is 166 Å². The van der Waals surface area contributed by atoms with Gasteiger partial charge in [0, 0.05) is 24.0 Å². The van der Waals surface area contributed by atoms with Crippen LogP contribution in [0.1, 0.15) is 25.0 Å². The summed E-state index contributed by atoms with van der Waals surface area (Å²) in [5.41, 5.74) is 1.81. The number of nitrogens with zero attached hydrogens (tertiary/aromatic N) is 2. The zero-order chi connectivity index (χ0) is 20.4. The van der Waals surface area contributed by atoms with Crippen molar-refractivity contribution in [1.82, 2.24) is 9.80 Å². The first kappa shape index (κ1) is 21.9. The lowest BCUT2D eigenvalue weighted by molar-refractivity contribution is -0.146. The van der Waals surface area contributed by atoms with Crippen LogP contribution in [0.15, 0.2) is 22.7 Å². The van der Waals surface area contributed by atoms with Crippen molar-refractivity contribution in [2.75, 3.05) is 19.9 Å². The lowest BCUT2D eigenvalue weighted by Crippen LogP contribution is -2.54. The molecule has 1 atom stereocenters. The number of hydrogen-bond donors (Lipinski definition) is 2. The van der Waals surface area contributed by atoms with Gasteiger partial charge in [-0.1, -0.05) is 35.8 Å². The number of carbonyl (C=O) groups excluding carboxylic acids is 2. The van der Waals surface area contributed by atoms with Crippen LogP contribution in [0.3, 0.4) is 0 Å². The second-order valence-electron chi connectivity index (χ2n) is 6.99. The molecule has 10 heteroatoms. The van der Waals surface area contributed by atoms with E-state index in [1.54, 1.807) is 0 Å². The van der Waals surface area contributed by atoms with E-state index < -0.39 is 31.9 Å². The van der Waals surface area contributed by atoms with Gasteiger partial charge >= 0.3 is 19.6 Å². The zero-order valence-corrected chi connectivity index (χ0v) is 17.9. The predicted molar refractivity (Wildman–Crippen MR) is 103 cm³/mol. The molecule has 0 spiro atoms. The molecule has 2 N–H and O–H groups in total. The first-order chi connectivity index (χ1) is 12.5. The van der Waals surface area contributed by atoms with Gasteiger partial charge in [0.25, 0.3) is 0 Å². The van der Waals surface area contributed by atoms with Crippen molar-refractivity contribution in [3.8, 4) is 0 Å². The lowest BCUT2D eigenvalue weighted by Gasteiger charge is -2.39. The molecular weight excluding hydrogens is 439 g/mol. The third kappa shape index (κ3) is 5.78. The molecule has 0 radical (unpaired) electrons. The van der Waals surface area contributed by atoms with Crippen LogP contribution in [0.4, 0.5) is 4.79 Å². The molecule has 2 amide bonds. The van der Waals surface area contributed by atoms with Crippen LogP contribution in [0.25, 0.3) is 0 Å². The van der Waals surface area contributed by atoms with Gasteiger partial charge in [0.15, 0.2) is 0 Å². The molecule has 0 bridgehead atoms. The van der Waals surface area contributed by atoms with Crippen molar-refractivity contribution in [3.05, 3.63) is 33.8 Å². The number of fused-ring (bicyclic) bond motifs is 1. The molecule has 1 unspecified atom stereocenters. The number of benzene rings is 1. The summed E-state index contributed by atoms with van der Waals surface area (Å²) in [6.07, 6.45) is -0.416. The van der Waals surface area contributed by atoms with E-state index >= 15 is 0 Å². The number of amides is 2. The molecule has 1 aliphatic heterocycles. The van der Waals surface area contributed by atoms with Crippen LogP contribution in [0.2, 0.25) is 0 Å². The number of hydrogen-bond acceptors (Lipinski definition) is 4. The maximum absolute atomic E-state index is 13.1. The van der Waals surface area contributed by atoms with E-state index in [1.165, 1.54) is 12.0 Å². The van der Waals surface area contributed by atoms with Crippen LogP contribution in [0.5, 0.6) is 0 Å². The first-order valence-corrected chi connectivity index (χ1v) is 11.1. The average molecular weight is 463 g/mol. The summed E-state index contributed by atoms with van der Waals surface area (Å²) in [7, 11) is -3.20. The van der Waals surface area contributed by atoms with E-state index in [0.29, 0.717) is 0 Å². The second-order valence-corrected chi connectivity index (χ2v) is 9.52. The Morgan fingerprint density at radius 3 is 2.59 bits per heavy atom. The van der Waals surface area contributed by atoms with Gasteiger partial charge in [-0.3, -0.25) is 4.57 Å². The minimum atomic E-state index is -4.45. The van der Waals surface area contributed by atoms with E-state index in [1.807, 2.05) is 32.0 Å². The fraction of sp³-hybridized carbons (Fsp3) is 0.529. The molecule has 0 fully saturated rings. The summed E-state index contributed by atoms with van der Waals surface area (Å²) in [5, 5.41) is 0. The van der Waals surface area contributed by atoms with E-state index in [0.717, 1.165) is 20.5 Å². The standard InChI is InChI=1S/C17H24BrN2O6P/c1-11(2)8-19(10-27(23,24)25)17(22)20-9-12-4-5-14(18)6-13(12)7-15(20)16(21)26-3/h4-6,11,15H,7-10H2,1-3H3,(H2,23,24,25). The second kappa shape index (κ2) is 8.73. The van der Waals surface area contributed by atoms with E-state index in [4.69, 9.17) is 4.74 Å². The van der Waals surface area contributed by atoms with Crippen molar-refractivity contribution in [2.24, 2.45) is 5.92 Å². The number of urea groups is 1. The third-order valence-electron chi connectivity index (χ3n) is 4.23. The SMILES string of the molecule is COC(=O)C1Cc2cc(Br)ccc2CN1C(=O)N(CC(C)C)CP(=O)(O)O. The number of esters is 1. The van der Waals surface area contributed by atoms with E-state index in [-0.39, 0.29) is 25.4 Å². The van der Waals surface area contributed by atoms with Crippen LogP contribution in [-0.2, 0) is 27.1 Å². The number of halogens is 1. The van der Waals surface area contributed by atoms with E-state index in [9.17, 15) is 23.9 Å². The van der Waals surface area contributed by atoms with Crippen molar-refractivity contribution >= 4 is 35.5 Å². The summed E-state index contributed by atoms with van der Waals surface area (Å²) >= 11 is 3.40. The van der Waals surface area contributed by atoms with Gasteiger partial charge in [-0.2, -0.15) is 0 Å². The molecule has 0 saturated heterocycles. The van der Waals surface area contributed by atoms with Gasteiger partial charge < -0.3 is 24.3 Å². The summed E-state index contributed by atoms with van der Waals surface area (Å²) in [5.74, 6) is -0.556. The number of carbonyl (C=O) groups is 2.